The number of hydrogen-bond donors (Lipinski definition) is 1. The quantitative estimate of drug-likeness (QED) is 0.855. The molecule has 1 amide bonds. The largest absolute Gasteiger partial charge is 0.444 e. The van der Waals surface area contributed by atoms with Crippen LogP contribution in [-0.2, 0) is 4.74 Å². The molecule has 0 aliphatic heterocycles. The lowest BCUT2D eigenvalue weighted by atomic mass is 10.2. The molecular weight excluding hydrogens is 255 g/mol. The highest BCUT2D eigenvalue weighted by molar-refractivity contribution is 7.99. The van der Waals surface area contributed by atoms with Gasteiger partial charge < -0.3 is 10.1 Å². The molecule has 0 heterocycles. The molecule has 17 heavy (non-hydrogen) atoms. The standard InChI is InChI=1S/C10H18F3NO2S/c1-7(5-17-6-10(11,12)13)14-8(15)16-9(2,3)4/h7H,5-6H2,1-4H3,(H,14,15). The molecule has 0 aliphatic carbocycles. The summed E-state index contributed by atoms with van der Waals surface area (Å²) >= 11 is 0.733. The van der Waals surface area contributed by atoms with Gasteiger partial charge in [0.1, 0.15) is 5.60 Å². The van der Waals surface area contributed by atoms with Crippen molar-refractivity contribution in [3.8, 4) is 0 Å². The summed E-state index contributed by atoms with van der Waals surface area (Å²) in [5, 5.41) is 2.47. The normalized spacial score (nSPS) is 14.3. The summed E-state index contributed by atoms with van der Waals surface area (Å²) in [4.78, 5) is 11.3. The summed E-state index contributed by atoms with van der Waals surface area (Å²) in [6, 6.07) is -0.364. The number of hydrogen-bond acceptors (Lipinski definition) is 3. The van der Waals surface area contributed by atoms with Crippen molar-refractivity contribution in [2.45, 2.75) is 45.5 Å². The van der Waals surface area contributed by atoms with Gasteiger partial charge >= 0.3 is 12.3 Å². The van der Waals surface area contributed by atoms with Crippen LogP contribution in [0.2, 0.25) is 0 Å². The molecule has 0 rings (SSSR count). The number of carbonyl (C=O) groups is 1. The number of nitrogens with one attached hydrogen (secondary N) is 1. The Bertz CT molecular complexity index is 251. The Labute approximate surface area is 103 Å². The Hall–Kier alpha value is -0.590. The number of rotatable bonds is 4. The molecule has 0 aromatic rings. The van der Waals surface area contributed by atoms with E-state index >= 15 is 0 Å². The van der Waals surface area contributed by atoms with Crippen LogP contribution in [0.3, 0.4) is 0 Å². The summed E-state index contributed by atoms with van der Waals surface area (Å²) in [5.41, 5.74) is -0.608. The zero-order chi connectivity index (χ0) is 13.7. The summed E-state index contributed by atoms with van der Waals surface area (Å²) < 4.78 is 40.5. The smallest absolute Gasteiger partial charge is 0.407 e. The molecule has 0 aromatic heterocycles. The molecule has 0 spiro atoms. The van der Waals surface area contributed by atoms with E-state index in [1.165, 1.54) is 0 Å². The van der Waals surface area contributed by atoms with Gasteiger partial charge in [-0.2, -0.15) is 24.9 Å². The van der Waals surface area contributed by atoms with Gasteiger partial charge in [0.05, 0.1) is 5.75 Å². The van der Waals surface area contributed by atoms with Crippen molar-refractivity contribution in [1.82, 2.24) is 5.32 Å². The maximum Gasteiger partial charge on any atom is 0.407 e. The molecular formula is C10H18F3NO2S. The highest BCUT2D eigenvalue weighted by atomic mass is 32.2. The van der Waals surface area contributed by atoms with Crippen molar-refractivity contribution in [2.24, 2.45) is 0 Å². The van der Waals surface area contributed by atoms with Crippen molar-refractivity contribution in [3.63, 3.8) is 0 Å². The third kappa shape index (κ3) is 11.7. The second kappa shape index (κ2) is 6.37. The Balaban J connectivity index is 3.79. The molecule has 1 atom stereocenters. The Morgan fingerprint density at radius 2 is 1.88 bits per heavy atom. The maximum absolute atomic E-state index is 11.9. The predicted octanol–water partition coefficient (Wildman–Crippen LogP) is 3.20. The average molecular weight is 273 g/mol. The molecule has 1 N–H and O–H groups in total. The first-order chi connectivity index (χ1) is 7.49. The van der Waals surface area contributed by atoms with E-state index in [9.17, 15) is 18.0 Å². The second-order valence-corrected chi connectivity index (χ2v) is 5.71. The minimum Gasteiger partial charge on any atom is -0.444 e. The van der Waals surface area contributed by atoms with Gasteiger partial charge in [0.2, 0.25) is 0 Å². The summed E-state index contributed by atoms with van der Waals surface area (Å²) in [6.07, 6.45) is -4.78. The number of thioether (sulfide) groups is 1. The zero-order valence-electron chi connectivity index (χ0n) is 10.4. The monoisotopic (exact) mass is 273 g/mol. The van der Waals surface area contributed by atoms with Crippen LogP contribution in [0.4, 0.5) is 18.0 Å². The number of carbonyl (C=O) groups excluding carboxylic acids is 1. The SMILES string of the molecule is CC(CSCC(F)(F)F)NC(=O)OC(C)(C)C. The number of alkyl halides is 3. The number of ether oxygens (including phenoxy) is 1. The molecule has 0 bridgehead atoms. The van der Waals surface area contributed by atoms with Crippen LogP contribution in [-0.4, -0.2) is 35.4 Å². The van der Waals surface area contributed by atoms with E-state index in [1.54, 1.807) is 27.7 Å². The third-order valence-electron chi connectivity index (χ3n) is 1.40. The molecule has 0 saturated heterocycles. The van der Waals surface area contributed by atoms with Crippen molar-refractivity contribution in [2.75, 3.05) is 11.5 Å². The van der Waals surface area contributed by atoms with E-state index in [-0.39, 0.29) is 11.8 Å². The lowest BCUT2D eigenvalue weighted by Crippen LogP contribution is -2.39. The lowest BCUT2D eigenvalue weighted by molar-refractivity contribution is -0.105. The topological polar surface area (TPSA) is 38.3 Å². The van der Waals surface area contributed by atoms with Crippen LogP contribution in [0.1, 0.15) is 27.7 Å². The van der Waals surface area contributed by atoms with Gasteiger partial charge in [-0.25, -0.2) is 4.79 Å². The van der Waals surface area contributed by atoms with E-state index in [2.05, 4.69) is 5.32 Å². The molecule has 0 aromatic carbocycles. The van der Waals surface area contributed by atoms with E-state index in [0.29, 0.717) is 0 Å². The first-order valence-corrected chi connectivity index (χ1v) is 6.29. The fraction of sp³-hybridized carbons (Fsp3) is 0.900. The molecule has 0 saturated carbocycles. The first kappa shape index (κ1) is 16.4. The maximum atomic E-state index is 11.9. The minimum absolute atomic E-state index is 0.193. The van der Waals surface area contributed by atoms with E-state index in [4.69, 9.17) is 4.74 Å². The summed E-state index contributed by atoms with van der Waals surface area (Å²) in [7, 11) is 0. The molecule has 0 fully saturated rings. The highest BCUT2D eigenvalue weighted by Crippen LogP contribution is 2.21. The average Bonchev–Trinajstić information content (AvgIpc) is 1.96. The fourth-order valence-electron chi connectivity index (χ4n) is 0.902. The van der Waals surface area contributed by atoms with Crippen LogP contribution in [0.25, 0.3) is 0 Å². The minimum atomic E-state index is -4.17. The Morgan fingerprint density at radius 3 is 2.29 bits per heavy atom. The van der Waals surface area contributed by atoms with Gasteiger partial charge in [0, 0.05) is 11.8 Å². The van der Waals surface area contributed by atoms with Crippen LogP contribution >= 0.6 is 11.8 Å². The van der Waals surface area contributed by atoms with Crippen molar-refractivity contribution in [1.29, 1.82) is 0 Å². The van der Waals surface area contributed by atoms with Crippen molar-refractivity contribution < 1.29 is 22.7 Å². The van der Waals surface area contributed by atoms with Gasteiger partial charge in [0.15, 0.2) is 0 Å². The van der Waals surface area contributed by atoms with E-state index in [0.717, 1.165) is 11.8 Å². The van der Waals surface area contributed by atoms with Crippen LogP contribution in [0.15, 0.2) is 0 Å². The second-order valence-electron chi connectivity index (χ2n) is 4.68. The van der Waals surface area contributed by atoms with E-state index < -0.39 is 23.6 Å². The first-order valence-electron chi connectivity index (χ1n) is 5.13. The molecule has 1 unspecified atom stereocenters. The van der Waals surface area contributed by atoms with Crippen molar-refractivity contribution in [3.05, 3.63) is 0 Å². The number of alkyl carbamates (subject to hydrolysis) is 1. The van der Waals surface area contributed by atoms with Crippen LogP contribution < -0.4 is 5.32 Å². The van der Waals surface area contributed by atoms with Gasteiger partial charge in [-0.3, -0.25) is 0 Å². The van der Waals surface area contributed by atoms with Gasteiger partial charge in [-0.15, -0.1) is 0 Å². The lowest BCUT2D eigenvalue weighted by Gasteiger charge is -2.21. The number of amides is 1. The molecule has 7 heteroatoms. The molecule has 0 radical (unpaired) electrons. The highest BCUT2D eigenvalue weighted by Gasteiger charge is 2.27. The van der Waals surface area contributed by atoms with Crippen LogP contribution in [0, 0.1) is 0 Å². The summed E-state index contributed by atoms with van der Waals surface area (Å²) in [5.74, 6) is -0.716. The molecule has 102 valence electrons. The van der Waals surface area contributed by atoms with Gasteiger partial charge in [-0.1, -0.05) is 0 Å². The number of halogens is 3. The fourth-order valence-corrected chi connectivity index (χ4v) is 1.69. The molecule has 0 aliphatic rings. The Kier molecular flexibility index (Phi) is 6.15. The van der Waals surface area contributed by atoms with Gasteiger partial charge in [-0.05, 0) is 27.7 Å². The molecule has 3 nitrogen and oxygen atoms in total. The third-order valence-corrected chi connectivity index (χ3v) is 2.66. The summed E-state index contributed by atoms with van der Waals surface area (Å²) in [6.45, 7) is 6.79. The van der Waals surface area contributed by atoms with Crippen LogP contribution in [0.5, 0.6) is 0 Å². The predicted molar refractivity (Wildman–Crippen MR) is 62.2 cm³/mol. The van der Waals surface area contributed by atoms with E-state index in [1.807, 2.05) is 0 Å². The zero-order valence-corrected chi connectivity index (χ0v) is 11.2. The van der Waals surface area contributed by atoms with Gasteiger partial charge in [0.25, 0.3) is 0 Å². The Morgan fingerprint density at radius 1 is 1.35 bits per heavy atom. The van der Waals surface area contributed by atoms with Crippen molar-refractivity contribution >= 4 is 17.9 Å².